The molecule has 1 aromatic heterocycles. The van der Waals surface area contributed by atoms with E-state index in [4.69, 9.17) is 4.74 Å². The van der Waals surface area contributed by atoms with E-state index in [0.717, 1.165) is 13.2 Å². The first-order valence-electron chi connectivity index (χ1n) is 10.2. The number of aromatic carboxylic acids is 1. The highest BCUT2D eigenvalue weighted by Gasteiger charge is 2.42. The topological polar surface area (TPSA) is 101 Å². The number of ether oxygens (including phenoxy) is 1. The van der Waals surface area contributed by atoms with Gasteiger partial charge in [-0.25, -0.2) is 9.18 Å². The number of alkyl halides is 3. The second-order valence-electron chi connectivity index (χ2n) is 8.50. The number of pyridine rings is 1. The molecule has 0 bridgehead atoms. The molecule has 2 aromatic rings. The molecule has 1 aromatic carbocycles. The molecule has 2 N–H and O–H groups in total. The van der Waals surface area contributed by atoms with Crippen LogP contribution in [-0.4, -0.2) is 54.5 Å². The number of amides is 1. The van der Waals surface area contributed by atoms with Crippen molar-refractivity contribution in [3.05, 3.63) is 33.9 Å². The molecule has 1 amide bonds. The Hall–Kier alpha value is -3.31. The van der Waals surface area contributed by atoms with Gasteiger partial charge < -0.3 is 24.6 Å². The van der Waals surface area contributed by atoms with Gasteiger partial charge in [0.1, 0.15) is 17.8 Å². The van der Waals surface area contributed by atoms with E-state index in [0.29, 0.717) is 49.7 Å². The van der Waals surface area contributed by atoms with Gasteiger partial charge in [-0.15, -0.1) is 0 Å². The van der Waals surface area contributed by atoms with Crippen molar-refractivity contribution in [1.82, 2.24) is 9.88 Å². The molecule has 2 fully saturated rings. The number of carboxylic acids is 1. The second kappa shape index (κ2) is 7.92. The third-order valence-corrected chi connectivity index (χ3v) is 6.36. The molecule has 178 valence electrons. The summed E-state index contributed by atoms with van der Waals surface area (Å²) in [5, 5.41) is 11.5. The molecule has 0 atom stereocenters. The number of rotatable bonds is 4. The van der Waals surface area contributed by atoms with Crippen LogP contribution in [0.15, 0.2) is 17.1 Å². The molecular formula is C21H21F4N3O5. The Bertz CT molecular complexity index is 1200. The molecule has 0 unspecified atom stereocenters. The number of carboxylic acid groups (broad SMARTS) is 1. The highest BCUT2D eigenvalue weighted by Crippen LogP contribution is 2.44. The van der Waals surface area contributed by atoms with Crippen LogP contribution < -0.4 is 20.4 Å². The van der Waals surface area contributed by atoms with Gasteiger partial charge in [0, 0.05) is 32.3 Å². The van der Waals surface area contributed by atoms with Crippen molar-refractivity contribution in [2.45, 2.75) is 32.0 Å². The quantitative estimate of drug-likeness (QED) is 0.665. The molecule has 8 nitrogen and oxygen atoms in total. The maximum Gasteiger partial charge on any atom is 0.406 e. The first-order chi connectivity index (χ1) is 15.4. The van der Waals surface area contributed by atoms with Gasteiger partial charge in [0.2, 0.25) is 11.3 Å². The Labute approximate surface area is 184 Å². The van der Waals surface area contributed by atoms with Gasteiger partial charge in [0.25, 0.3) is 0 Å². The molecule has 0 aliphatic carbocycles. The number of carbonyl (C=O) groups is 2. The number of aromatic nitrogens is 1. The van der Waals surface area contributed by atoms with Gasteiger partial charge in [-0.2, -0.15) is 13.2 Å². The number of fused-ring (bicyclic) bond motifs is 1. The van der Waals surface area contributed by atoms with Crippen LogP contribution in [0.25, 0.3) is 10.9 Å². The molecule has 3 heterocycles. The van der Waals surface area contributed by atoms with Crippen molar-refractivity contribution < 1.29 is 37.0 Å². The lowest BCUT2D eigenvalue weighted by Crippen LogP contribution is -2.41. The molecule has 2 saturated heterocycles. The number of anilines is 1. The molecule has 0 radical (unpaired) electrons. The highest BCUT2D eigenvalue weighted by atomic mass is 19.4. The Morgan fingerprint density at radius 2 is 1.94 bits per heavy atom. The second-order valence-corrected chi connectivity index (χ2v) is 8.50. The fourth-order valence-corrected chi connectivity index (χ4v) is 4.76. The lowest BCUT2D eigenvalue weighted by atomic mass is 9.77. The Morgan fingerprint density at radius 3 is 2.45 bits per heavy atom. The molecule has 2 aliphatic rings. The summed E-state index contributed by atoms with van der Waals surface area (Å²) in [5.41, 5.74) is -2.69. The van der Waals surface area contributed by atoms with E-state index in [1.807, 2.05) is 0 Å². The first kappa shape index (κ1) is 22.9. The van der Waals surface area contributed by atoms with E-state index in [1.54, 1.807) is 4.90 Å². The molecule has 0 saturated carbocycles. The zero-order valence-corrected chi connectivity index (χ0v) is 17.6. The monoisotopic (exact) mass is 471 g/mol. The van der Waals surface area contributed by atoms with Gasteiger partial charge >= 0.3 is 12.1 Å². The van der Waals surface area contributed by atoms with Crippen LogP contribution in [0.5, 0.6) is 5.75 Å². The number of hydrogen-bond acceptors (Lipinski definition) is 5. The summed E-state index contributed by atoms with van der Waals surface area (Å²) in [6, 6.07) is 0.764. The highest BCUT2D eigenvalue weighted by molar-refractivity contribution is 5.97. The van der Waals surface area contributed by atoms with Crippen LogP contribution in [0, 0.1) is 11.2 Å². The summed E-state index contributed by atoms with van der Waals surface area (Å²) in [6.07, 6.45) is -2.66. The number of nitrogens with one attached hydrogen (secondary N) is 1. The molecule has 1 spiro atoms. The third kappa shape index (κ3) is 4.09. The van der Waals surface area contributed by atoms with Crippen molar-refractivity contribution in [2.75, 3.05) is 31.6 Å². The summed E-state index contributed by atoms with van der Waals surface area (Å²) in [5.74, 6) is -2.96. The lowest BCUT2D eigenvalue weighted by molar-refractivity contribution is -0.140. The van der Waals surface area contributed by atoms with E-state index in [-0.39, 0.29) is 28.3 Å². The molecule has 12 heteroatoms. The van der Waals surface area contributed by atoms with Crippen molar-refractivity contribution in [3.63, 3.8) is 0 Å². The lowest BCUT2D eigenvalue weighted by Gasteiger charge is -2.40. The van der Waals surface area contributed by atoms with E-state index in [2.05, 4.69) is 5.32 Å². The normalized spacial score (nSPS) is 18.1. The zero-order chi connectivity index (χ0) is 24.1. The van der Waals surface area contributed by atoms with Gasteiger partial charge in [-0.05, 0) is 24.3 Å². The number of nitrogens with zero attached hydrogens (tertiary/aromatic N) is 2. The average molecular weight is 471 g/mol. The third-order valence-electron chi connectivity index (χ3n) is 6.36. The number of halogens is 4. The standard InChI is InChI=1S/C21H21F4N3O5/c1-33-18-15-11(17(30)12(19(31)32)8-28(15)10-21(23,24)25)6-13(22)16(18)27-4-2-20(3-5-27)7-14(29)26-9-20/h6,8H,2-5,7,9-10H2,1H3,(H,26,29)(H,31,32). The Kier molecular flexibility index (Phi) is 5.49. The molecular weight excluding hydrogens is 450 g/mol. The number of carbonyl (C=O) groups excluding carboxylic acids is 1. The minimum absolute atomic E-state index is 0.0525. The van der Waals surface area contributed by atoms with Crippen LogP contribution in [0.3, 0.4) is 0 Å². The van der Waals surface area contributed by atoms with E-state index >= 15 is 4.39 Å². The van der Waals surface area contributed by atoms with E-state index in [9.17, 15) is 32.7 Å². The molecule has 2 aliphatic heterocycles. The maximum atomic E-state index is 15.3. The number of hydrogen-bond donors (Lipinski definition) is 2. The Morgan fingerprint density at radius 1 is 1.27 bits per heavy atom. The van der Waals surface area contributed by atoms with Crippen molar-refractivity contribution in [3.8, 4) is 5.75 Å². The average Bonchev–Trinajstić information content (AvgIpc) is 3.09. The molecule has 33 heavy (non-hydrogen) atoms. The van der Waals surface area contributed by atoms with Crippen LogP contribution in [0.4, 0.5) is 23.2 Å². The number of methoxy groups -OCH3 is 1. The summed E-state index contributed by atoms with van der Waals surface area (Å²) in [7, 11) is 1.15. The predicted molar refractivity (Wildman–Crippen MR) is 109 cm³/mol. The van der Waals surface area contributed by atoms with Crippen molar-refractivity contribution in [1.29, 1.82) is 0 Å². The minimum Gasteiger partial charge on any atom is -0.492 e. The summed E-state index contributed by atoms with van der Waals surface area (Å²) in [4.78, 5) is 37.3. The largest absolute Gasteiger partial charge is 0.492 e. The molecule has 4 rings (SSSR count). The van der Waals surface area contributed by atoms with Gasteiger partial charge in [-0.1, -0.05) is 0 Å². The SMILES string of the molecule is COc1c(N2CCC3(CC2)CNC(=O)C3)c(F)cc2c(=O)c(C(=O)O)cn(CC(F)(F)F)c12. The van der Waals surface area contributed by atoms with Crippen molar-refractivity contribution >= 4 is 28.5 Å². The summed E-state index contributed by atoms with van der Waals surface area (Å²) < 4.78 is 60.9. The van der Waals surface area contributed by atoms with Gasteiger partial charge in [0.15, 0.2) is 11.6 Å². The number of piperidine rings is 1. The van der Waals surface area contributed by atoms with Gasteiger partial charge in [0.05, 0.1) is 18.0 Å². The zero-order valence-electron chi connectivity index (χ0n) is 17.6. The predicted octanol–water partition coefficient (Wildman–Crippen LogP) is 2.52. The van der Waals surface area contributed by atoms with Crippen LogP contribution in [0.2, 0.25) is 0 Å². The summed E-state index contributed by atoms with van der Waals surface area (Å²) >= 11 is 0. The van der Waals surface area contributed by atoms with Crippen LogP contribution in [-0.2, 0) is 11.3 Å². The van der Waals surface area contributed by atoms with E-state index < -0.39 is 40.9 Å². The fraction of sp³-hybridized carbons (Fsp3) is 0.476. The van der Waals surface area contributed by atoms with Crippen LogP contribution in [0.1, 0.15) is 29.6 Å². The minimum atomic E-state index is -4.74. The Balaban J connectivity index is 1.86. The summed E-state index contributed by atoms with van der Waals surface area (Å²) in [6.45, 7) is -0.433. The van der Waals surface area contributed by atoms with Gasteiger partial charge in [-0.3, -0.25) is 9.59 Å². The fourth-order valence-electron chi connectivity index (χ4n) is 4.76. The van der Waals surface area contributed by atoms with Crippen molar-refractivity contribution in [2.24, 2.45) is 5.41 Å². The first-order valence-corrected chi connectivity index (χ1v) is 10.2. The van der Waals surface area contributed by atoms with Crippen LogP contribution >= 0.6 is 0 Å². The van der Waals surface area contributed by atoms with E-state index in [1.165, 1.54) is 0 Å². The smallest absolute Gasteiger partial charge is 0.406 e. The maximum absolute atomic E-state index is 15.3. The number of benzene rings is 1.